The molecule has 3 nitrogen and oxygen atoms in total. The molecule has 1 aromatic carbocycles. The molecule has 0 N–H and O–H groups in total. The Labute approximate surface area is 143 Å². The van der Waals surface area contributed by atoms with Crippen molar-refractivity contribution in [2.45, 2.75) is 18.5 Å². The van der Waals surface area contributed by atoms with Crippen molar-refractivity contribution in [1.82, 2.24) is 4.98 Å². The number of hydrogen-bond donors (Lipinski definition) is 0. The van der Waals surface area contributed by atoms with Crippen LogP contribution < -0.4 is 0 Å². The molecule has 1 aliphatic rings. The van der Waals surface area contributed by atoms with Gasteiger partial charge in [0.25, 0.3) is 0 Å². The summed E-state index contributed by atoms with van der Waals surface area (Å²) in [4.78, 5) is 4.38. The first kappa shape index (κ1) is 15.5. The third kappa shape index (κ3) is 2.89. The molecule has 6 heteroatoms. The molecule has 0 radical (unpaired) electrons. The van der Waals surface area contributed by atoms with Crippen molar-refractivity contribution in [3.8, 4) is 0 Å². The smallest absolute Gasteiger partial charge is 0.171 e. The van der Waals surface area contributed by atoms with Gasteiger partial charge in [-0.15, -0.1) is 0 Å². The number of halogens is 3. The lowest BCUT2D eigenvalue weighted by atomic mass is 9.91. The molecule has 1 aliphatic heterocycles. The zero-order chi connectivity index (χ0) is 15.7. The number of alkyl halides is 1. The second kappa shape index (κ2) is 6.37. The molecule has 2 heterocycles. The van der Waals surface area contributed by atoms with Crippen LogP contribution in [0.15, 0.2) is 52.8 Å². The molecule has 22 heavy (non-hydrogen) atoms. The molecule has 0 spiro atoms. The van der Waals surface area contributed by atoms with E-state index < -0.39 is 5.50 Å². The summed E-state index contributed by atoms with van der Waals surface area (Å²) in [5, 5.41) is 9.55. The normalized spacial score (nSPS) is 21.3. The number of aromatic nitrogens is 1. The highest BCUT2D eigenvalue weighted by molar-refractivity contribution is 6.34. The predicted molar refractivity (Wildman–Crippen MR) is 91.5 cm³/mol. The molecular weight excluding hydrogens is 341 g/mol. The van der Waals surface area contributed by atoms with Crippen LogP contribution >= 0.6 is 34.8 Å². The Morgan fingerprint density at radius 2 is 1.68 bits per heavy atom. The minimum atomic E-state index is -0.616. The first-order valence-corrected chi connectivity index (χ1v) is 7.92. The largest absolute Gasteiger partial charge is 0.255 e. The van der Waals surface area contributed by atoms with E-state index in [0.29, 0.717) is 15.7 Å². The Morgan fingerprint density at radius 3 is 2.36 bits per heavy atom. The Balaban J connectivity index is 2.24. The van der Waals surface area contributed by atoms with Crippen molar-refractivity contribution in [3.05, 3.63) is 63.9 Å². The van der Waals surface area contributed by atoms with Gasteiger partial charge in [-0.1, -0.05) is 46.9 Å². The van der Waals surface area contributed by atoms with E-state index in [1.165, 1.54) is 0 Å². The fourth-order valence-electron chi connectivity index (χ4n) is 2.48. The van der Waals surface area contributed by atoms with E-state index in [9.17, 15) is 0 Å². The number of pyridine rings is 1. The maximum Gasteiger partial charge on any atom is 0.171 e. The first-order valence-electron chi connectivity index (χ1n) is 6.73. The van der Waals surface area contributed by atoms with E-state index >= 15 is 0 Å². The fraction of sp³-hybridized carbons (Fsp3) is 0.188. The maximum atomic E-state index is 6.39. The monoisotopic (exact) mass is 351 g/mol. The summed E-state index contributed by atoms with van der Waals surface area (Å²) in [5.74, 6) is 0. The summed E-state index contributed by atoms with van der Waals surface area (Å²) in [6.07, 6.45) is 1.69. The highest BCUT2D eigenvalue weighted by Crippen LogP contribution is 2.40. The molecule has 2 unspecified atom stereocenters. The molecule has 112 valence electrons. The van der Waals surface area contributed by atoms with Gasteiger partial charge in [0.2, 0.25) is 0 Å². The topological polar surface area (TPSA) is 37.6 Å². The van der Waals surface area contributed by atoms with Crippen LogP contribution in [0.3, 0.4) is 0 Å². The Hall–Kier alpha value is -1.42. The van der Waals surface area contributed by atoms with Crippen molar-refractivity contribution < 1.29 is 0 Å². The number of azo groups is 1. The predicted octanol–water partition coefficient (Wildman–Crippen LogP) is 5.72. The Kier molecular flexibility index (Phi) is 4.48. The average molecular weight is 353 g/mol. The summed E-state index contributed by atoms with van der Waals surface area (Å²) in [6.45, 7) is 1.97. The van der Waals surface area contributed by atoms with Crippen molar-refractivity contribution in [1.29, 1.82) is 0 Å². The Bertz CT molecular complexity index is 753. The lowest BCUT2D eigenvalue weighted by molar-refractivity contribution is 0.791. The van der Waals surface area contributed by atoms with Crippen LogP contribution in [0.5, 0.6) is 0 Å². The molecule has 0 saturated heterocycles. The minimum Gasteiger partial charge on any atom is -0.255 e. The number of rotatable bonds is 2. The van der Waals surface area contributed by atoms with Crippen LogP contribution in [0.2, 0.25) is 10.0 Å². The van der Waals surface area contributed by atoms with Crippen molar-refractivity contribution >= 4 is 45.9 Å². The minimum absolute atomic E-state index is 0.135. The van der Waals surface area contributed by atoms with Crippen molar-refractivity contribution in [2.24, 2.45) is 10.2 Å². The Morgan fingerprint density at radius 1 is 0.955 bits per heavy atom. The van der Waals surface area contributed by atoms with Crippen LogP contribution in [-0.2, 0) is 0 Å². The van der Waals surface area contributed by atoms with Crippen molar-refractivity contribution in [3.63, 3.8) is 0 Å². The van der Waals surface area contributed by atoms with Crippen LogP contribution in [0.4, 0.5) is 0 Å². The van der Waals surface area contributed by atoms with Crippen LogP contribution in [0.1, 0.15) is 18.2 Å². The molecule has 1 aromatic heterocycles. The third-order valence-electron chi connectivity index (χ3n) is 3.46. The lowest BCUT2D eigenvalue weighted by Gasteiger charge is -2.24. The third-order valence-corrected chi connectivity index (χ3v) is 4.32. The van der Waals surface area contributed by atoms with Gasteiger partial charge in [0, 0.05) is 16.8 Å². The van der Waals surface area contributed by atoms with Gasteiger partial charge in [-0.05, 0) is 42.3 Å². The molecule has 2 aromatic rings. The zero-order valence-electron chi connectivity index (χ0n) is 11.7. The quantitative estimate of drug-likeness (QED) is 0.503. The van der Waals surface area contributed by atoms with Crippen LogP contribution in [0.25, 0.3) is 11.1 Å². The van der Waals surface area contributed by atoms with Gasteiger partial charge in [-0.3, -0.25) is 4.98 Å². The number of benzene rings is 1. The van der Waals surface area contributed by atoms with Gasteiger partial charge >= 0.3 is 0 Å². The number of hydrogen-bond acceptors (Lipinski definition) is 3. The summed E-state index contributed by atoms with van der Waals surface area (Å²) in [6, 6.07) is 11.0. The van der Waals surface area contributed by atoms with Crippen LogP contribution in [0, 0.1) is 0 Å². The molecule has 3 rings (SSSR count). The fourth-order valence-corrected chi connectivity index (χ4v) is 3.10. The SMILES string of the molecule is CC1N=NC(Cl)C(c2ncccc2Cl)=C1c1ccc(Cl)cc1. The van der Waals surface area contributed by atoms with E-state index in [2.05, 4.69) is 15.2 Å². The molecule has 0 amide bonds. The van der Waals surface area contributed by atoms with Gasteiger partial charge in [-0.2, -0.15) is 10.2 Å². The molecule has 0 aliphatic carbocycles. The van der Waals surface area contributed by atoms with Crippen molar-refractivity contribution in [2.75, 3.05) is 0 Å². The van der Waals surface area contributed by atoms with Gasteiger partial charge in [-0.25, -0.2) is 0 Å². The van der Waals surface area contributed by atoms with E-state index in [1.807, 2.05) is 31.2 Å². The maximum absolute atomic E-state index is 6.39. The highest BCUT2D eigenvalue weighted by atomic mass is 35.5. The molecule has 2 atom stereocenters. The zero-order valence-corrected chi connectivity index (χ0v) is 13.9. The van der Waals surface area contributed by atoms with Crippen LogP contribution in [-0.4, -0.2) is 16.5 Å². The van der Waals surface area contributed by atoms with E-state index in [4.69, 9.17) is 34.8 Å². The summed E-state index contributed by atoms with van der Waals surface area (Å²) >= 11 is 18.7. The number of nitrogens with zero attached hydrogens (tertiary/aromatic N) is 3. The highest BCUT2D eigenvalue weighted by Gasteiger charge is 2.28. The lowest BCUT2D eigenvalue weighted by Crippen LogP contribution is -2.16. The second-order valence-electron chi connectivity index (χ2n) is 4.91. The van der Waals surface area contributed by atoms with Gasteiger partial charge < -0.3 is 0 Å². The van der Waals surface area contributed by atoms with Gasteiger partial charge in [0.15, 0.2) is 5.50 Å². The summed E-state index contributed by atoms with van der Waals surface area (Å²) in [5.41, 5.74) is 2.76. The standard InChI is InChI=1S/C16H12Cl3N3/c1-9-13(10-4-6-11(17)7-5-10)14(16(19)22-21-9)15-12(18)3-2-8-20-15/h2-9,16H,1H3. The van der Waals surface area contributed by atoms with Gasteiger partial charge in [0.1, 0.15) is 0 Å². The van der Waals surface area contributed by atoms with E-state index in [1.54, 1.807) is 18.3 Å². The van der Waals surface area contributed by atoms with Gasteiger partial charge in [0.05, 0.1) is 16.8 Å². The molecular formula is C16H12Cl3N3. The summed E-state index contributed by atoms with van der Waals surface area (Å²) < 4.78 is 0. The summed E-state index contributed by atoms with van der Waals surface area (Å²) in [7, 11) is 0. The first-order chi connectivity index (χ1) is 10.6. The molecule has 0 bridgehead atoms. The van der Waals surface area contributed by atoms with E-state index in [-0.39, 0.29) is 6.04 Å². The molecule has 0 fully saturated rings. The average Bonchev–Trinajstić information content (AvgIpc) is 2.51. The van der Waals surface area contributed by atoms with E-state index in [0.717, 1.165) is 16.7 Å². The second-order valence-corrected chi connectivity index (χ2v) is 6.17. The molecule has 0 saturated carbocycles.